The number of carbonyl (C=O) groups excluding carboxylic acids is 2. The smallest absolute Gasteiger partial charge is 0.462 e. The molecule has 0 aliphatic heterocycles. The van der Waals surface area contributed by atoms with Crippen molar-refractivity contribution in [2.24, 2.45) is 0 Å². The normalized spacial score (nSPS) is 13.9. The number of esters is 2. The Labute approximate surface area is 295 Å². The number of allylic oxidation sites excluding steroid dienone is 2. The van der Waals surface area contributed by atoms with Crippen LogP contribution in [0.5, 0.6) is 0 Å². The molecule has 0 radical (unpaired) electrons. The Morgan fingerprint density at radius 3 is 1.54 bits per heavy atom. The molecular formula is C38H75NO8P+. The molecule has 2 atom stereocenters. The van der Waals surface area contributed by atoms with Crippen molar-refractivity contribution in [2.45, 2.75) is 174 Å². The fraction of sp³-hybridized carbons (Fsp3) is 0.895. The topological polar surface area (TPSA) is 108 Å². The van der Waals surface area contributed by atoms with Gasteiger partial charge in [-0.05, 0) is 38.5 Å². The van der Waals surface area contributed by atoms with Crippen LogP contribution in [0.4, 0.5) is 0 Å². The van der Waals surface area contributed by atoms with Gasteiger partial charge in [-0.15, -0.1) is 0 Å². The van der Waals surface area contributed by atoms with E-state index in [0.717, 1.165) is 51.4 Å². The summed E-state index contributed by atoms with van der Waals surface area (Å²) in [7, 11) is 1.48. The quantitative estimate of drug-likeness (QED) is 0.0228. The van der Waals surface area contributed by atoms with Crippen molar-refractivity contribution in [1.82, 2.24) is 0 Å². The largest absolute Gasteiger partial charge is 0.472 e. The van der Waals surface area contributed by atoms with Gasteiger partial charge in [0.05, 0.1) is 27.7 Å². The van der Waals surface area contributed by atoms with Crippen LogP contribution < -0.4 is 0 Å². The van der Waals surface area contributed by atoms with Crippen molar-refractivity contribution in [3.8, 4) is 0 Å². The van der Waals surface area contributed by atoms with E-state index in [0.29, 0.717) is 23.9 Å². The van der Waals surface area contributed by atoms with Gasteiger partial charge in [-0.1, -0.05) is 129 Å². The van der Waals surface area contributed by atoms with Gasteiger partial charge >= 0.3 is 19.8 Å². The molecule has 0 aromatic heterocycles. The molecule has 0 aromatic rings. The average molecular weight is 705 g/mol. The molecular weight excluding hydrogens is 629 g/mol. The van der Waals surface area contributed by atoms with E-state index in [-0.39, 0.29) is 25.6 Å². The lowest BCUT2D eigenvalue weighted by molar-refractivity contribution is -0.870. The highest BCUT2D eigenvalue weighted by Crippen LogP contribution is 2.43. The molecule has 0 aliphatic rings. The lowest BCUT2D eigenvalue weighted by Gasteiger charge is -2.24. The average Bonchev–Trinajstić information content (AvgIpc) is 3.02. The Morgan fingerprint density at radius 1 is 0.625 bits per heavy atom. The molecule has 10 heteroatoms. The van der Waals surface area contributed by atoms with Crippen LogP contribution in [0.1, 0.15) is 168 Å². The predicted octanol–water partition coefficient (Wildman–Crippen LogP) is 10.2. The second kappa shape index (κ2) is 31.7. The summed E-state index contributed by atoms with van der Waals surface area (Å²) in [6, 6.07) is 0. The molecule has 1 N–H and O–H groups in total. The Hall–Kier alpha value is -1.25. The van der Waals surface area contributed by atoms with E-state index < -0.39 is 26.5 Å². The Morgan fingerprint density at radius 2 is 1.06 bits per heavy atom. The Bertz CT molecular complexity index is 845. The number of ether oxygens (including phenoxy) is 2. The minimum atomic E-state index is -4.36. The van der Waals surface area contributed by atoms with Crippen molar-refractivity contribution in [3.05, 3.63) is 12.2 Å². The van der Waals surface area contributed by atoms with Gasteiger partial charge < -0.3 is 18.9 Å². The van der Waals surface area contributed by atoms with Gasteiger partial charge in [0.1, 0.15) is 19.8 Å². The first kappa shape index (κ1) is 46.8. The summed E-state index contributed by atoms with van der Waals surface area (Å²) < 4.78 is 34.1. The molecule has 0 saturated carbocycles. The van der Waals surface area contributed by atoms with Crippen LogP contribution >= 0.6 is 7.82 Å². The number of nitrogens with zero attached hydrogens (tertiary/aromatic N) is 1. The van der Waals surface area contributed by atoms with E-state index in [4.69, 9.17) is 18.5 Å². The number of hydrogen-bond acceptors (Lipinski definition) is 7. The third-order valence-electron chi connectivity index (χ3n) is 8.30. The number of quaternary nitrogens is 1. The first-order chi connectivity index (χ1) is 23.0. The molecule has 0 aliphatic carbocycles. The number of phosphoric ester groups is 1. The number of phosphoric acid groups is 1. The molecule has 0 bridgehead atoms. The van der Waals surface area contributed by atoms with Crippen LogP contribution in [-0.4, -0.2) is 74.9 Å². The molecule has 0 rings (SSSR count). The molecule has 0 spiro atoms. The highest BCUT2D eigenvalue weighted by molar-refractivity contribution is 7.47. The van der Waals surface area contributed by atoms with Gasteiger partial charge in [-0.3, -0.25) is 18.6 Å². The van der Waals surface area contributed by atoms with E-state index in [1.807, 2.05) is 21.1 Å². The van der Waals surface area contributed by atoms with E-state index in [2.05, 4.69) is 26.0 Å². The van der Waals surface area contributed by atoms with E-state index in [1.54, 1.807) is 0 Å². The fourth-order valence-electron chi connectivity index (χ4n) is 5.18. The second-order valence-electron chi connectivity index (χ2n) is 14.3. The predicted molar refractivity (Wildman–Crippen MR) is 197 cm³/mol. The zero-order valence-electron chi connectivity index (χ0n) is 31.7. The third kappa shape index (κ3) is 34.6. The maximum Gasteiger partial charge on any atom is 0.472 e. The molecule has 0 amide bonds. The first-order valence-corrected chi connectivity index (χ1v) is 20.9. The van der Waals surface area contributed by atoms with E-state index in [9.17, 15) is 19.0 Å². The third-order valence-corrected chi connectivity index (χ3v) is 9.28. The van der Waals surface area contributed by atoms with Crippen molar-refractivity contribution in [1.29, 1.82) is 0 Å². The van der Waals surface area contributed by atoms with Gasteiger partial charge in [0.15, 0.2) is 6.10 Å². The van der Waals surface area contributed by atoms with Crippen LogP contribution in [0.3, 0.4) is 0 Å². The lowest BCUT2D eigenvalue weighted by atomic mass is 10.1. The molecule has 9 nitrogen and oxygen atoms in total. The van der Waals surface area contributed by atoms with Crippen molar-refractivity contribution < 1.29 is 42.1 Å². The lowest BCUT2D eigenvalue weighted by Crippen LogP contribution is -2.37. The number of hydrogen-bond donors (Lipinski definition) is 1. The SMILES string of the molecule is CCCCCCC/C=C\CCCCCCCC(=O)OC(COC(=O)CCCCCCCCCCCC)COP(=O)(O)OCC[N+](C)(C)C. The summed E-state index contributed by atoms with van der Waals surface area (Å²) in [5.41, 5.74) is 0. The van der Waals surface area contributed by atoms with E-state index >= 15 is 0 Å². The van der Waals surface area contributed by atoms with Gasteiger partial charge in [0.25, 0.3) is 0 Å². The molecule has 0 heterocycles. The van der Waals surface area contributed by atoms with Gasteiger partial charge in [0, 0.05) is 12.8 Å². The number of rotatable bonds is 35. The number of carbonyl (C=O) groups is 2. The zero-order valence-corrected chi connectivity index (χ0v) is 32.6. The van der Waals surface area contributed by atoms with Crippen LogP contribution in [0, 0.1) is 0 Å². The maximum absolute atomic E-state index is 12.6. The summed E-state index contributed by atoms with van der Waals surface area (Å²) in [5, 5.41) is 0. The maximum atomic E-state index is 12.6. The molecule has 2 unspecified atom stereocenters. The molecule has 48 heavy (non-hydrogen) atoms. The molecule has 0 fully saturated rings. The minimum Gasteiger partial charge on any atom is -0.462 e. The van der Waals surface area contributed by atoms with Gasteiger partial charge in [0.2, 0.25) is 0 Å². The Kier molecular flexibility index (Phi) is 30.9. The fourth-order valence-corrected chi connectivity index (χ4v) is 5.93. The van der Waals surface area contributed by atoms with Crippen molar-refractivity contribution in [2.75, 3.05) is 47.5 Å². The highest BCUT2D eigenvalue weighted by atomic mass is 31.2. The summed E-state index contributed by atoms with van der Waals surface area (Å²) in [5.74, 6) is -0.807. The number of unbranched alkanes of at least 4 members (excludes halogenated alkanes) is 19. The standard InChI is InChI=1S/C38H74NO8P/c1-6-8-10-12-14-16-18-19-20-21-23-25-27-29-31-38(41)47-36(35-46-48(42,43)45-33-32-39(3,4)5)34-44-37(40)30-28-26-24-22-17-15-13-11-9-7-2/h18-19,36H,6-17,20-35H2,1-5H3/p+1/b19-18-. The summed E-state index contributed by atoms with van der Waals surface area (Å²) in [6.45, 7) is 4.38. The van der Waals surface area contributed by atoms with Crippen molar-refractivity contribution >= 4 is 19.8 Å². The van der Waals surface area contributed by atoms with Crippen molar-refractivity contribution in [3.63, 3.8) is 0 Å². The summed E-state index contributed by atoms with van der Waals surface area (Å²) >= 11 is 0. The second-order valence-corrected chi connectivity index (χ2v) is 15.8. The van der Waals surface area contributed by atoms with E-state index in [1.165, 1.54) is 83.5 Å². The molecule has 0 aromatic carbocycles. The first-order valence-electron chi connectivity index (χ1n) is 19.4. The molecule has 0 saturated heterocycles. The van der Waals surface area contributed by atoms with Gasteiger partial charge in [-0.2, -0.15) is 0 Å². The zero-order chi connectivity index (χ0) is 35.8. The summed E-state index contributed by atoms with van der Waals surface area (Å²) in [6.07, 6.45) is 29.7. The Balaban J connectivity index is 4.44. The van der Waals surface area contributed by atoms with Crippen LogP contribution in [0.15, 0.2) is 12.2 Å². The number of likely N-dealkylation sites (N-methyl/N-ethyl adjacent to an activating group) is 1. The van der Waals surface area contributed by atoms with Crippen LogP contribution in [0.2, 0.25) is 0 Å². The minimum absolute atomic E-state index is 0.0327. The highest BCUT2D eigenvalue weighted by Gasteiger charge is 2.27. The van der Waals surface area contributed by atoms with Gasteiger partial charge in [-0.25, -0.2) is 4.57 Å². The monoisotopic (exact) mass is 705 g/mol. The van der Waals surface area contributed by atoms with Crippen LogP contribution in [0.25, 0.3) is 0 Å². The summed E-state index contributed by atoms with van der Waals surface area (Å²) in [4.78, 5) is 35.1. The molecule has 284 valence electrons. The van der Waals surface area contributed by atoms with Crippen LogP contribution in [-0.2, 0) is 32.7 Å².